The molecule has 0 unspecified atom stereocenters. The van der Waals surface area contributed by atoms with E-state index in [1.807, 2.05) is 26.3 Å². The van der Waals surface area contributed by atoms with E-state index in [1.165, 1.54) is 4.88 Å². The third kappa shape index (κ3) is 2.91. The van der Waals surface area contributed by atoms with Crippen LogP contribution in [0.5, 0.6) is 0 Å². The molecule has 0 fully saturated rings. The summed E-state index contributed by atoms with van der Waals surface area (Å²) < 4.78 is 0. The Hall–Kier alpha value is -1.53. The maximum atomic E-state index is 12.1. The van der Waals surface area contributed by atoms with Crippen molar-refractivity contribution in [2.45, 2.75) is 46.2 Å². The Kier molecular flexibility index (Phi) is 3.91. The van der Waals surface area contributed by atoms with Crippen LogP contribution in [0.3, 0.4) is 0 Å². The first-order valence-corrected chi connectivity index (χ1v) is 8.16. The van der Waals surface area contributed by atoms with E-state index in [-0.39, 0.29) is 11.5 Å². The standard InChI is InChI=1S/C15H20N4OS/c1-9(2)14-17-12-6-19(5-4-11(12)15(20)18-14)7-13-10(3)16-8-21-13/h8-9H,4-7H2,1-3H3,(H,17,18,20). The van der Waals surface area contributed by atoms with Crippen molar-refractivity contribution in [2.75, 3.05) is 6.54 Å². The fourth-order valence-corrected chi connectivity index (χ4v) is 3.42. The van der Waals surface area contributed by atoms with Gasteiger partial charge in [-0.1, -0.05) is 13.8 Å². The molecule has 6 heteroatoms. The Morgan fingerprint density at radius 3 is 2.95 bits per heavy atom. The van der Waals surface area contributed by atoms with Crippen LogP contribution in [-0.2, 0) is 19.5 Å². The highest BCUT2D eigenvalue weighted by Gasteiger charge is 2.22. The molecular formula is C15H20N4OS. The molecule has 0 aromatic carbocycles. The van der Waals surface area contributed by atoms with Crippen molar-refractivity contribution in [3.63, 3.8) is 0 Å². The molecule has 0 saturated heterocycles. The van der Waals surface area contributed by atoms with Crippen LogP contribution in [0.1, 0.15) is 47.4 Å². The molecule has 112 valence electrons. The van der Waals surface area contributed by atoms with Gasteiger partial charge < -0.3 is 4.98 Å². The van der Waals surface area contributed by atoms with Crippen molar-refractivity contribution in [1.29, 1.82) is 0 Å². The number of hydrogen-bond donors (Lipinski definition) is 1. The van der Waals surface area contributed by atoms with Crippen molar-refractivity contribution < 1.29 is 0 Å². The SMILES string of the molecule is Cc1ncsc1CN1CCc2c(nc(C(C)C)[nH]c2=O)C1. The van der Waals surface area contributed by atoms with Gasteiger partial charge in [-0.3, -0.25) is 9.69 Å². The fraction of sp³-hybridized carbons (Fsp3) is 0.533. The second-order valence-corrected chi connectivity index (χ2v) is 6.79. The van der Waals surface area contributed by atoms with Gasteiger partial charge in [-0.05, 0) is 13.3 Å². The zero-order valence-corrected chi connectivity index (χ0v) is 13.5. The molecule has 5 nitrogen and oxygen atoms in total. The molecule has 0 radical (unpaired) electrons. The molecule has 3 rings (SSSR count). The summed E-state index contributed by atoms with van der Waals surface area (Å²) in [4.78, 5) is 27.7. The predicted octanol–water partition coefficient (Wildman–Crippen LogP) is 2.22. The maximum absolute atomic E-state index is 12.1. The van der Waals surface area contributed by atoms with Crippen LogP contribution < -0.4 is 5.56 Å². The van der Waals surface area contributed by atoms with Gasteiger partial charge in [0.25, 0.3) is 5.56 Å². The van der Waals surface area contributed by atoms with Crippen LogP contribution >= 0.6 is 11.3 Å². The number of nitrogens with one attached hydrogen (secondary N) is 1. The normalized spacial score (nSPS) is 15.4. The van der Waals surface area contributed by atoms with Gasteiger partial charge in [-0.2, -0.15) is 0 Å². The molecule has 1 N–H and O–H groups in total. The molecule has 3 heterocycles. The van der Waals surface area contributed by atoms with Gasteiger partial charge in [0.05, 0.1) is 16.9 Å². The van der Waals surface area contributed by atoms with Crippen molar-refractivity contribution in [3.8, 4) is 0 Å². The summed E-state index contributed by atoms with van der Waals surface area (Å²) in [6.45, 7) is 8.68. The van der Waals surface area contributed by atoms with Crippen molar-refractivity contribution >= 4 is 11.3 Å². The molecule has 21 heavy (non-hydrogen) atoms. The van der Waals surface area contributed by atoms with Crippen LogP contribution in [0.15, 0.2) is 10.3 Å². The van der Waals surface area contributed by atoms with E-state index in [4.69, 9.17) is 0 Å². The molecule has 0 amide bonds. The Morgan fingerprint density at radius 1 is 1.48 bits per heavy atom. The minimum absolute atomic E-state index is 0.0392. The highest BCUT2D eigenvalue weighted by atomic mass is 32.1. The summed E-state index contributed by atoms with van der Waals surface area (Å²) in [7, 11) is 0. The number of thiazole rings is 1. The van der Waals surface area contributed by atoms with E-state index in [1.54, 1.807) is 11.3 Å². The van der Waals surface area contributed by atoms with Gasteiger partial charge >= 0.3 is 0 Å². The molecule has 2 aromatic heterocycles. The van der Waals surface area contributed by atoms with Crippen LogP contribution in [0.2, 0.25) is 0 Å². The number of hydrogen-bond acceptors (Lipinski definition) is 5. The molecule has 0 atom stereocenters. The minimum atomic E-state index is 0.0392. The molecule has 0 bridgehead atoms. The van der Waals surface area contributed by atoms with E-state index in [2.05, 4.69) is 19.9 Å². The number of fused-ring (bicyclic) bond motifs is 1. The number of aromatic nitrogens is 3. The van der Waals surface area contributed by atoms with Gasteiger partial charge in [0, 0.05) is 36.0 Å². The smallest absolute Gasteiger partial charge is 0.254 e. The van der Waals surface area contributed by atoms with Gasteiger partial charge in [0.15, 0.2) is 0 Å². The first-order chi connectivity index (χ1) is 10.0. The largest absolute Gasteiger partial charge is 0.310 e. The topological polar surface area (TPSA) is 61.9 Å². The Balaban J connectivity index is 1.84. The summed E-state index contributed by atoms with van der Waals surface area (Å²) in [5.41, 5.74) is 4.83. The zero-order valence-electron chi connectivity index (χ0n) is 12.6. The molecule has 0 spiro atoms. The molecule has 0 aliphatic carbocycles. The average Bonchev–Trinajstić information content (AvgIpc) is 2.84. The van der Waals surface area contributed by atoms with Crippen LogP contribution in [-0.4, -0.2) is 26.4 Å². The van der Waals surface area contributed by atoms with Gasteiger partial charge in [0.1, 0.15) is 5.82 Å². The molecule has 0 saturated carbocycles. The Morgan fingerprint density at radius 2 is 2.29 bits per heavy atom. The van der Waals surface area contributed by atoms with Gasteiger partial charge in [-0.15, -0.1) is 11.3 Å². The monoisotopic (exact) mass is 304 g/mol. The van der Waals surface area contributed by atoms with Crippen LogP contribution in [0.25, 0.3) is 0 Å². The van der Waals surface area contributed by atoms with Crippen LogP contribution in [0, 0.1) is 6.92 Å². The third-order valence-corrected chi connectivity index (χ3v) is 4.85. The summed E-state index contributed by atoms with van der Waals surface area (Å²) in [6.07, 6.45) is 0.772. The number of aryl methyl sites for hydroxylation is 1. The van der Waals surface area contributed by atoms with E-state index >= 15 is 0 Å². The zero-order chi connectivity index (χ0) is 15.0. The first kappa shape index (κ1) is 14.4. The van der Waals surface area contributed by atoms with Crippen molar-refractivity contribution in [1.82, 2.24) is 19.9 Å². The number of rotatable bonds is 3. The van der Waals surface area contributed by atoms with E-state index in [0.29, 0.717) is 0 Å². The fourth-order valence-electron chi connectivity index (χ4n) is 2.60. The maximum Gasteiger partial charge on any atom is 0.254 e. The van der Waals surface area contributed by atoms with Gasteiger partial charge in [-0.25, -0.2) is 9.97 Å². The highest BCUT2D eigenvalue weighted by molar-refractivity contribution is 7.09. The highest BCUT2D eigenvalue weighted by Crippen LogP contribution is 2.21. The lowest BCUT2D eigenvalue weighted by Crippen LogP contribution is -2.35. The molecule has 1 aliphatic rings. The van der Waals surface area contributed by atoms with E-state index in [9.17, 15) is 4.79 Å². The second kappa shape index (κ2) is 5.69. The Bertz CT molecular complexity index is 704. The summed E-state index contributed by atoms with van der Waals surface area (Å²) in [6, 6.07) is 0. The van der Waals surface area contributed by atoms with E-state index < -0.39 is 0 Å². The summed E-state index contributed by atoms with van der Waals surface area (Å²) in [5.74, 6) is 1.02. The average molecular weight is 304 g/mol. The van der Waals surface area contributed by atoms with Crippen molar-refractivity contribution in [2.24, 2.45) is 0 Å². The number of aromatic amines is 1. The molecule has 1 aliphatic heterocycles. The lowest BCUT2D eigenvalue weighted by Gasteiger charge is -2.27. The lowest BCUT2D eigenvalue weighted by molar-refractivity contribution is 0.241. The predicted molar refractivity (Wildman–Crippen MR) is 83.6 cm³/mol. The minimum Gasteiger partial charge on any atom is -0.310 e. The number of nitrogens with zero attached hydrogens (tertiary/aromatic N) is 3. The Labute approximate surface area is 128 Å². The second-order valence-electron chi connectivity index (χ2n) is 5.85. The third-order valence-electron chi connectivity index (χ3n) is 3.93. The van der Waals surface area contributed by atoms with E-state index in [0.717, 1.165) is 48.8 Å². The van der Waals surface area contributed by atoms with Crippen molar-refractivity contribution in [3.05, 3.63) is 43.5 Å². The molecule has 2 aromatic rings. The quantitative estimate of drug-likeness (QED) is 0.944. The lowest BCUT2D eigenvalue weighted by atomic mass is 10.1. The number of H-pyrrole nitrogens is 1. The summed E-state index contributed by atoms with van der Waals surface area (Å²) in [5, 5.41) is 0. The van der Waals surface area contributed by atoms with Crippen LogP contribution in [0.4, 0.5) is 0 Å². The first-order valence-electron chi connectivity index (χ1n) is 7.28. The summed E-state index contributed by atoms with van der Waals surface area (Å²) >= 11 is 1.69. The van der Waals surface area contributed by atoms with Gasteiger partial charge in [0.2, 0.25) is 0 Å². The molecular weight excluding hydrogens is 284 g/mol.